The first-order chi connectivity index (χ1) is 5.31. The molecule has 2 nitrogen and oxygen atoms in total. The molecule has 0 aromatic carbocycles. The third-order valence-electron chi connectivity index (χ3n) is 1.39. The molecule has 2 heteroatoms. The van der Waals surface area contributed by atoms with Gasteiger partial charge in [0.2, 0.25) is 5.91 Å². The minimum absolute atomic E-state index is 0.116. The van der Waals surface area contributed by atoms with Crippen LogP contribution < -0.4 is 5.32 Å². The Morgan fingerprint density at radius 2 is 2.27 bits per heavy atom. The molecule has 0 spiro atoms. The summed E-state index contributed by atoms with van der Waals surface area (Å²) in [7, 11) is 0. The van der Waals surface area contributed by atoms with Gasteiger partial charge in [0.1, 0.15) is 0 Å². The van der Waals surface area contributed by atoms with Gasteiger partial charge in [-0.25, -0.2) is 0 Å². The minimum Gasteiger partial charge on any atom is -0.356 e. The van der Waals surface area contributed by atoms with Crippen molar-refractivity contribution in [2.75, 3.05) is 6.54 Å². The molecule has 0 rings (SSSR count). The molecule has 11 heavy (non-hydrogen) atoms. The predicted molar refractivity (Wildman–Crippen MR) is 46.0 cm³/mol. The van der Waals surface area contributed by atoms with Gasteiger partial charge >= 0.3 is 0 Å². The average molecular weight is 153 g/mol. The Morgan fingerprint density at radius 3 is 2.82 bits per heavy atom. The second-order valence-corrected chi connectivity index (χ2v) is 2.36. The average Bonchev–Trinajstić information content (AvgIpc) is 2.04. The van der Waals surface area contributed by atoms with Gasteiger partial charge in [-0.3, -0.25) is 4.79 Å². The van der Waals surface area contributed by atoms with Gasteiger partial charge in [0.05, 0.1) is 0 Å². The van der Waals surface area contributed by atoms with E-state index in [1.165, 1.54) is 0 Å². The Hall–Kier alpha value is -0.970. The zero-order valence-corrected chi connectivity index (χ0v) is 7.02. The minimum atomic E-state index is 0.116. The fourth-order valence-electron chi connectivity index (χ4n) is 0.705. The van der Waals surface area contributed by atoms with E-state index in [2.05, 4.69) is 11.2 Å². The number of carbonyl (C=O) groups is 1. The third kappa shape index (κ3) is 6.92. The molecular formula is C9H15NO. The summed E-state index contributed by atoms with van der Waals surface area (Å²) in [6.07, 6.45) is 8.41. The topological polar surface area (TPSA) is 29.1 Å². The van der Waals surface area contributed by atoms with Crippen molar-refractivity contribution < 1.29 is 4.79 Å². The smallest absolute Gasteiger partial charge is 0.219 e. The van der Waals surface area contributed by atoms with Crippen molar-refractivity contribution in [3.05, 3.63) is 0 Å². The summed E-state index contributed by atoms with van der Waals surface area (Å²) in [6, 6.07) is 0. The van der Waals surface area contributed by atoms with E-state index in [4.69, 9.17) is 6.42 Å². The summed E-state index contributed by atoms with van der Waals surface area (Å²) in [4.78, 5) is 10.7. The maximum atomic E-state index is 10.7. The lowest BCUT2D eigenvalue weighted by Gasteiger charge is -2.00. The molecule has 0 atom stereocenters. The van der Waals surface area contributed by atoms with E-state index in [0.29, 0.717) is 6.42 Å². The van der Waals surface area contributed by atoms with Crippen LogP contribution in [0.15, 0.2) is 0 Å². The molecule has 0 aliphatic heterocycles. The van der Waals surface area contributed by atoms with Crippen molar-refractivity contribution in [1.29, 1.82) is 0 Å². The lowest BCUT2D eigenvalue weighted by molar-refractivity contribution is -0.120. The van der Waals surface area contributed by atoms with Crippen LogP contribution in [-0.2, 0) is 4.79 Å². The van der Waals surface area contributed by atoms with Crippen LogP contribution in [0.25, 0.3) is 0 Å². The number of carbonyl (C=O) groups excluding carboxylic acids is 1. The van der Waals surface area contributed by atoms with Crippen LogP contribution in [0.1, 0.15) is 32.6 Å². The van der Waals surface area contributed by atoms with Crippen LogP contribution in [0.5, 0.6) is 0 Å². The summed E-state index contributed by atoms with van der Waals surface area (Å²) >= 11 is 0. The highest BCUT2D eigenvalue weighted by atomic mass is 16.1. The molecule has 0 aliphatic carbocycles. The molecule has 62 valence electrons. The summed E-state index contributed by atoms with van der Waals surface area (Å²) < 4.78 is 0. The monoisotopic (exact) mass is 153 g/mol. The number of rotatable bonds is 5. The Morgan fingerprint density at radius 1 is 1.55 bits per heavy atom. The molecule has 0 radical (unpaired) electrons. The quantitative estimate of drug-likeness (QED) is 0.468. The van der Waals surface area contributed by atoms with Gasteiger partial charge in [-0.15, -0.1) is 12.3 Å². The van der Waals surface area contributed by atoms with Crippen LogP contribution in [0.4, 0.5) is 0 Å². The maximum absolute atomic E-state index is 10.7. The van der Waals surface area contributed by atoms with Gasteiger partial charge in [0.15, 0.2) is 0 Å². The first-order valence-electron chi connectivity index (χ1n) is 4.01. The zero-order chi connectivity index (χ0) is 8.53. The SMILES string of the molecule is C#CCCCCNC(=O)CC. The number of nitrogens with one attached hydrogen (secondary N) is 1. The molecular weight excluding hydrogens is 138 g/mol. The molecule has 1 amide bonds. The van der Waals surface area contributed by atoms with E-state index in [1.54, 1.807) is 0 Å². The molecule has 0 fully saturated rings. The van der Waals surface area contributed by atoms with Gasteiger partial charge < -0.3 is 5.32 Å². The van der Waals surface area contributed by atoms with Crippen molar-refractivity contribution >= 4 is 5.91 Å². The summed E-state index contributed by atoms with van der Waals surface area (Å²) in [5, 5.41) is 2.78. The number of unbranched alkanes of at least 4 members (excludes halogenated alkanes) is 2. The molecule has 0 heterocycles. The van der Waals surface area contributed by atoms with Crippen LogP contribution in [-0.4, -0.2) is 12.5 Å². The molecule has 0 unspecified atom stereocenters. The van der Waals surface area contributed by atoms with E-state index in [-0.39, 0.29) is 5.91 Å². The van der Waals surface area contributed by atoms with Crippen LogP contribution in [0.2, 0.25) is 0 Å². The first kappa shape index (κ1) is 10.0. The summed E-state index contributed by atoms with van der Waals surface area (Å²) in [5.74, 6) is 2.67. The molecule has 0 aromatic rings. The standard InChI is InChI=1S/C9H15NO/c1-3-5-6-7-8-10-9(11)4-2/h1H,4-8H2,2H3,(H,10,11). The van der Waals surface area contributed by atoms with E-state index < -0.39 is 0 Å². The highest BCUT2D eigenvalue weighted by Gasteiger charge is 1.93. The van der Waals surface area contributed by atoms with Crippen molar-refractivity contribution in [3.8, 4) is 12.3 Å². The number of terminal acetylenes is 1. The predicted octanol–water partition coefficient (Wildman–Crippen LogP) is 1.32. The van der Waals surface area contributed by atoms with Gasteiger partial charge in [-0.1, -0.05) is 6.92 Å². The van der Waals surface area contributed by atoms with E-state index in [1.807, 2.05) is 6.92 Å². The van der Waals surface area contributed by atoms with Gasteiger partial charge in [-0.2, -0.15) is 0 Å². The summed E-state index contributed by atoms with van der Waals surface area (Å²) in [6.45, 7) is 2.60. The third-order valence-corrected chi connectivity index (χ3v) is 1.39. The second kappa shape index (κ2) is 7.14. The highest BCUT2D eigenvalue weighted by Crippen LogP contribution is 1.91. The number of hydrogen-bond acceptors (Lipinski definition) is 1. The molecule has 1 N–H and O–H groups in total. The van der Waals surface area contributed by atoms with Crippen molar-refractivity contribution in [3.63, 3.8) is 0 Å². The van der Waals surface area contributed by atoms with Gasteiger partial charge in [0, 0.05) is 19.4 Å². The van der Waals surface area contributed by atoms with E-state index >= 15 is 0 Å². The van der Waals surface area contributed by atoms with Crippen LogP contribution >= 0.6 is 0 Å². The second-order valence-electron chi connectivity index (χ2n) is 2.36. The lowest BCUT2D eigenvalue weighted by Crippen LogP contribution is -2.22. The number of amides is 1. The lowest BCUT2D eigenvalue weighted by atomic mass is 10.2. The fourth-order valence-corrected chi connectivity index (χ4v) is 0.705. The molecule has 0 saturated heterocycles. The zero-order valence-electron chi connectivity index (χ0n) is 7.02. The fraction of sp³-hybridized carbons (Fsp3) is 0.667. The van der Waals surface area contributed by atoms with E-state index in [0.717, 1.165) is 25.8 Å². The largest absolute Gasteiger partial charge is 0.356 e. The highest BCUT2D eigenvalue weighted by molar-refractivity contribution is 5.75. The Labute approximate surface area is 68.4 Å². The maximum Gasteiger partial charge on any atom is 0.219 e. The van der Waals surface area contributed by atoms with Crippen LogP contribution in [0.3, 0.4) is 0 Å². The molecule has 0 saturated carbocycles. The van der Waals surface area contributed by atoms with Crippen molar-refractivity contribution in [2.45, 2.75) is 32.6 Å². The summed E-state index contributed by atoms with van der Waals surface area (Å²) in [5.41, 5.74) is 0. The normalized spacial score (nSPS) is 8.73. The van der Waals surface area contributed by atoms with Crippen molar-refractivity contribution in [2.24, 2.45) is 0 Å². The Bertz CT molecular complexity index is 146. The van der Waals surface area contributed by atoms with Gasteiger partial charge in [-0.05, 0) is 12.8 Å². The number of hydrogen-bond donors (Lipinski definition) is 1. The molecule has 0 aromatic heterocycles. The van der Waals surface area contributed by atoms with Gasteiger partial charge in [0.25, 0.3) is 0 Å². The first-order valence-corrected chi connectivity index (χ1v) is 4.01. The van der Waals surface area contributed by atoms with Crippen LogP contribution in [0, 0.1) is 12.3 Å². The Kier molecular flexibility index (Phi) is 6.51. The van der Waals surface area contributed by atoms with Crippen molar-refractivity contribution in [1.82, 2.24) is 5.32 Å². The molecule has 0 bridgehead atoms. The molecule has 0 aliphatic rings. The Balaban J connectivity index is 3.03. The van der Waals surface area contributed by atoms with E-state index in [9.17, 15) is 4.79 Å².